The number of benzene rings is 1. The van der Waals surface area contributed by atoms with Gasteiger partial charge in [0.25, 0.3) is 5.56 Å². The van der Waals surface area contributed by atoms with Gasteiger partial charge in [-0.15, -0.1) is 11.3 Å². The molecular weight excluding hydrogens is 384 g/mol. The Balaban J connectivity index is 1.56. The number of ether oxygens (including phenoxy) is 1. The van der Waals surface area contributed by atoms with Crippen molar-refractivity contribution in [2.45, 2.75) is 33.0 Å². The van der Waals surface area contributed by atoms with E-state index in [1.165, 1.54) is 16.9 Å². The lowest BCUT2D eigenvalue weighted by atomic mass is 10.1. The van der Waals surface area contributed by atoms with E-state index >= 15 is 0 Å². The number of fused-ring (bicyclic) bond motifs is 1. The summed E-state index contributed by atoms with van der Waals surface area (Å²) in [6.07, 6.45) is 0. The molecule has 3 aromatic rings. The van der Waals surface area contributed by atoms with Crippen LogP contribution in [0.5, 0.6) is 0 Å². The van der Waals surface area contributed by atoms with Gasteiger partial charge in [0.05, 0.1) is 18.9 Å². The van der Waals surface area contributed by atoms with Crippen LogP contribution >= 0.6 is 11.3 Å². The van der Waals surface area contributed by atoms with Crippen LogP contribution in [0.3, 0.4) is 0 Å². The number of nitrogens with zero attached hydrogens (tertiary/aromatic N) is 4. The number of rotatable bonds is 7. The van der Waals surface area contributed by atoms with Crippen molar-refractivity contribution in [2.75, 3.05) is 32.8 Å². The Labute approximate surface area is 175 Å². The standard InChI is InChI=1S/C22H28N4O2S/c1-17(13-24-8-10-28-11-9-24)25(14-19-6-4-3-5-7-19)15-20-12-21(27)26-18(2)16-29-22(26)23-20/h3-7,12,16-17H,8-11,13-15H2,1-2H3. The van der Waals surface area contributed by atoms with Crippen LogP contribution in [0.4, 0.5) is 0 Å². The average Bonchev–Trinajstić information content (AvgIpc) is 3.10. The third-order valence-corrected chi connectivity index (χ3v) is 6.42. The first-order valence-corrected chi connectivity index (χ1v) is 11.0. The Morgan fingerprint density at radius 1 is 1.21 bits per heavy atom. The average molecular weight is 413 g/mol. The van der Waals surface area contributed by atoms with Gasteiger partial charge in [0, 0.05) is 55.9 Å². The summed E-state index contributed by atoms with van der Waals surface area (Å²) in [7, 11) is 0. The predicted octanol–water partition coefficient (Wildman–Crippen LogP) is 2.79. The van der Waals surface area contributed by atoms with Gasteiger partial charge < -0.3 is 4.74 Å². The monoisotopic (exact) mass is 412 g/mol. The molecule has 0 aliphatic carbocycles. The first-order valence-electron chi connectivity index (χ1n) is 10.1. The maximum Gasteiger partial charge on any atom is 0.259 e. The summed E-state index contributed by atoms with van der Waals surface area (Å²) in [5.41, 5.74) is 3.05. The summed E-state index contributed by atoms with van der Waals surface area (Å²) in [5.74, 6) is 0. The van der Waals surface area contributed by atoms with E-state index < -0.39 is 0 Å². The second-order valence-electron chi connectivity index (χ2n) is 7.73. The molecule has 0 amide bonds. The Kier molecular flexibility index (Phi) is 6.40. The molecular formula is C22H28N4O2S. The Hall–Kier alpha value is -2.06. The van der Waals surface area contributed by atoms with Crippen molar-refractivity contribution in [2.24, 2.45) is 0 Å². The van der Waals surface area contributed by atoms with Crippen LogP contribution in [0.2, 0.25) is 0 Å². The van der Waals surface area contributed by atoms with Crippen LogP contribution in [-0.4, -0.2) is 58.1 Å². The van der Waals surface area contributed by atoms with Gasteiger partial charge in [-0.1, -0.05) is 30.3 Å². The molecule has 0 saturated carbocycles. The van der Waals surface area contributed by atoms with Gasteiger partial charge in [0.15, 0.2) is 4.96 Å². The minimum atomic E-state index is 0.00393. The summed E-state index contributed by atoms with van der Waals surface area (Å²) in [5, 5.41) is 1.98. The van der Waals surface area contributed by atoms with Crippen LogP contribution in [0, 0.1) is 6.92 Å². The summed E-state index contributed by atoms with van der Waals surface area (Å²) < 4.78 is 7.18. The first kappa shape index (κ1) is 20.2. The highest BCUT2D eigenvalue weighted by Crippen LogP contribution is 2.16. The zero-order valence-corrected chi connectivity index (χ0v) is 17.9. The number of morpholine rings is 1. The van der Waals surface area contributed by atoms with Crippen LogP contribution < -0.4 is 5.56 Å². The van der Waals surface area contributed by atoms with Crippen LogP contribution in [0.15, 0.2) is 46.6 Å². The lowest BCUT2D eigenvalue weighted by Crippen LogP contribution is -2.45. The Morgan fingerprint density at radius 3 is 2.72 bits per heavy atom. The van der Waals surface area contributed by atoms with Crippen molar-refractivity contribution in [3.63, 3.8) is 0 Å². The molecule has 1 saturated heterocycles. The Bertz CT molecular complexity index is 995. The van der Waals surface area contributed by atoms with Gasteiger partial charge in [0.2, 0.25) is 0 Å². The molecule has 1 aromatic carbocycles. The predicted molar refractivity (Wildman–Crippen MR) is 116 cm³/mol. The fourth-order valence-electron chi connectivity index (χ4n) is 3.85. The van der Waals surface area contributed by atoms with E-state index in [9.17, 15) is 4.79 Å². The fraction of sp³-hybridized carbons (Fsp3) is 0.455. The third kappa shape index (κ3) is 4.93. The minimum absolute atomic E-state index is 0.00393. The maximum atomic E-state index is 12.6. The van der Waals surface area contributed by atoms with E-state index in [2.05, 4.69) is 41.0 Å². The highest BCUT2D eigenvalue weighted by atomic mass is 32.1. The van der Waals surface area contributed by atoms with Gasteiger partial charge >= 0.3 is 0 Å². The lowest BCUT2D eigenvalue weighted by Gasteiger charge is -2.35. The van der Waals surface area contributed by atoms with E-state index in [0.717, 1.165) is 55.7 Å². The summed E-state index contributed by atoms with van der Waals surface area (Å²) in [6, 6.07) is 12.5. The maximum absolute atomic E-state index is 12.6. The van der Waals surface area contributed by atoms with E-state index in [1.54, 1.807) is 10.5 Å². The molecule has 154 valence electrons. The molecule has 0 bridgehead atoms. The van der Waals surface area contributed by atoms with Crippen molar-refractivity contribution >= 4 is 16.3 Å². The van der Waals surface area contributed by atoms with Crippen LogP contribution in [-0.2, 0) is 17.8 Å². The molecule has 1 aliphatic rings. The summed E-state index contributed by atoms with van der Waals surface area (Å²) in [4.78, 5) is 23.0. The topological polar surface area (TPSA) is 50.1 Å². The van der Waals surface area contributed by atoms with E-state index in [0.29, 0.717) is 12.6 Å². The number of hydrogen-bond donors (Lipinski definition) is 0. The third-order valence-electron chi connectivity index (χ3n) is 5.47. The first-order chi connectivity index (χ1) is 14.1. The molecule has 0 radical (unpaired) electrons. The molecule has 4 rings (SSSR count). The molecule has 6 nitrogen and oxygen atoms in total. The highest BCUT2D eigenvalue weighted by Gasteiger charge is 2.21. The van der Waals surface area contributed by atoms with E-state index in [1.807, 2.05) is 18.4 Å². The lowest BCUT2D eigenvalue weighted by molar-refractivity contribution is 0.0224. The Morgan fingerprint density at radius 2 is 1.97 bits per heavy atom. The van der Waals surface area contributed by atoms with Crippen molar-refractivity contribution in [1.82, 2.24) is 19.2 Å². The van der Waals surface area contributed by atoms with Gasteiger partial charge in [-0.25, -0.2) is 4.98 Å². The number of aryl methyl sites for hydroxylation is 1. The van der Waals surface area contributed by atoms with E-state index in [-0.39, 0.29) is 5.56 Å². The minimum Gasteiger partial charge on any atom is -0.379 e. The van der Waals surface area contributed by atoms with Crippen molar-refractivity contribution in [1.29, 1.82) is 0 Å². The van der Waals surface area contributed by atoms with Crippen LogP contribution in [0.25, 0.3) is 4.96 Å². The van der Waals surface area contributed by atoms with Gasteiger partial charge in [0.1, 0.15) is 0 Å². The zero-order valence-electron chi connectivity index (χ0n) is 17.1. The van der Waals surface area contributed by atoms with Crippen molar-refractivity contribution in [3.8, 4) is 0 Å². The SMILES string of the molecule is Cc1csc2nc(CN(Cc3ccccc3)C(C)CN3CCOCC3)cc(=O)n12. The van der Waals surface area contributed by atoms with Gasteiger partial charge in [-0.05, 0) is 19.4 Å². The second kappa shape index (κ2) is 9.17. The molecule has 1 unspecified atom stereocenters. The number of aromatic nitrogens is 2. The molecule has 0 N–H and O–H groups in total. The van der Waals surface area contributed by atoms with Gasteiger partial charge in [-0.2, -0.15) is 0 Å². The zero-order chi connectivity index (χ0) is 20.2. The number of thiazole rings is 1. The smallest absolute Gasteiger partial charge is 0.259 e. The van der Waals surface area contributed by atoms with E-state index in [4.69, 9.17) is 9.72 Å². The van der Waals surface area contributed by atoms with Crippen LogP contribution in [0.1, 0.15) is 23.9 Å². The molecule has 1 atom stereocenters. The molecule has 7 heteroatoms. The molecule has 3 heterocycles. The quantitative estimate of drug-likeness (QED) is 0.597. The molecule has 1 fully saturated rings. The van der Waals surface area contributed by atoms with Crippen molar-refractivity contribution in [3.05, 3.63) is 69.1 Å². The highest BCUT2D eigenvalue weighted by molar-refractivity contribution is 7.15. The normalized spacial score (nSPS) is 16.5. The van der Waals surface area contributed by atoms with Crippen molar-refractivity contribution < 1.29 is 4.74 Å². The largest absolute Gasteiger partial charge is 0.379 e. The molecule has 0 spiro atoms. The fourth-order valence-corrected chi connectivity index (χ4v) is 4.74. The number of hydrogen-bond acceptors (Lipinski definition) is 6. The summed E-state index contributed by atoms with van der Waals surface area (Å²) in [6.45, 7) is 10.2. The molecule has 29 heavy (non-hydrogen) atoms. The molecule has 2 aromatic heterocycles. The second-order valence-corrected chi connectivity index (χ2v) is 8.57. The van der Waals surface area contributed by atoms with Gasteiger partial charge in [-0.3, -0.25) is 19.0 Å². The molecule has 1 aliphatic heterocycles. The summed E-state index contributed by atoms with van der Waals surface area (Å²) >= 11 is 1.52.